The molecule has 25 heavy (non-hydrogen) atoms. The van der Waals surface area contributed by atoms with Gasteiger partial charge in [-0.2, -0.15) is 0 Å². The first-order valence-electron chi connectivity index (χ1n) is 8.24. The zero-order valence-electron chi connectivity index (χ0n) is 13.6. The van der Waals surface area contributed by atoms with E-state index in [4.69, 9.17) is 0 Å². The highest BCUT2D eigenvalue weighted by molar-refractivity contribution is 9.10. The van der Waals surface area contributed by atoms with Crippen LogP contribution < -0.4 is 5.32 Å². The maximum atomic E-state index is 13.2. The molecule has 1 fully saturated rings. The second-order valence-corrected chi connectivity index (χ2v) is 7.21. The fraction of sp³-hybridized carbons (Fsp3) is 0.316. The molecule has 3 rings (SSSR count). The number of halogens is 3. The molecule has 0 saturated carbocycles. The van der Waals surface area contributed by atoms with Crippen molar-refractivity contribution in [1.29, 1.82) is 0 Å². The smallest absolute Gasteiger partial charge is 0.227 e. The number of hydrogen-bond acceptors (Lipinski definition) is 2. The number of nitrogens with one attached hydrogen (secondary N) is 1. The van der Waals surface area contributed by atoms with Crippen LogP contribution in [0.4, 0.5) is 14.5 Å². The van der Waals surface area contributed by atoms with Crippen LogP contribution in [0.3, 0.4) is 0 Å². The lowest BCUT2D eigenvalue weighted by molar-refractivity contribution is -0.121. The predicted molar refractivity (Wildman–Crippen MR) is 97.1 cm³/mol. The van der Waals surface area contributed by atoms with E-state index in [2.05, 4.69) is 38.3 Å². The Bertz CT molecular complexity index is 761. The minimum atomic E-state index is -0.957. The largest absolute Gasteiger partial charge is 0.326 e. The Morgan fingerprint density at radius 2 is 1.88 bits per heavy atom. The molecule has 1 saturated heterocycles. The van der Waals surface area contributed by atoms with E-state index in [0.29, 0.717) is 5.69 Å². The van der Waals surface area contributed by atoms with E-state index < -0.39 is 11.6 Å². The Balaban J connectivity index is 1.51. The molecule has 1 aliphatic rings. The highest BCUT2D eigenvalue weighted by Crippen LogP contribution is 2.22. The number of benzene rings is 2. The average Bonchev–Trinajstić information content (AvgIpc) is 2.59. The molecule has 2 aromatic rings. The van der Waals surface area contributed by atoms with Crippen LogP contribution >= 0.6 is 15.9 Å². The van der Waals surface area contributed by atoms with Gasteiger partial charge in [0.1, 0.15) is 0 Å². The van der Waals surface area contributed by atoms with Crippen LogP contribution in [0.5, 0.6) is 0 Å². The first-order valence-corrected chi connectivity index (χ1v) is 9.03. The van der Waals surface area contributed by atoms with Crippen molar-refractivity contribution in [3.05, 3.63) is 64.1 Å². The third-order valence-corrected chi connectivity index (χ3v) is 4.93. The van der Waals surface area contributed by atoms with Crippen LogP contribution in [0.1, 0.15) is 18.4 Å². The lowest BCUT2D eigenvalue weighted by Gasteiger charge is -2.31. The Morgan fingerprint density at radius 1 is 1.12 bits per heavy atom. The zero-order valence-corrected chi connectivity index (χ0v) is 15.2. The third kappa shape index (κ3) is 4.86. The van der Waals surface area contributed by atoms with E-state index in [-0.39, 0.29) is 11.8 Å². The van der Waals surface area contributed by atoms with Gasteiger partial charge in [-0.3, -0.25) is 9.69 Å². The van der Waals surface area contributed by atoms with Crippen molar-refractivity contribution >= 4 is 27.5 Å². The van der Waals surface area contributed by atoms with Crippen molar-refractivity contribution in [3.8, 4) is 0 Å². The molecule has 0 aromatic heterocycles. The standard InChI is InChI=1S/C19H19BrF2N2O/c20-15-3-1-2-13(10-15)12-24-8-6-14(7-9-24)19(25)23-16-4-5-17(21)18(22)11-16/h1-5,10-11,14H,6-9,12H2,(H,23,25). The van der Waals surface area contributed by atoms with Gasteiger partial charge in [0.25, 0.3) is 0 Å². The van der Waals surface area contributed by atoms with Crippen molar-refractivity contribution in [1.82, 2.24) is 4.90 Å². The van der Waals surface area contributed by atoms with E-state index in [0.717, 1.165) is 49.1 Å². The summed E-state index contributed by atoms with van der Waals surface area (Å²) in [6.45, 7) is 2.53. The summed E-state index contributed by atoms with van der Waals surface area (Å²) in [5.41, 5.74) is 1.53. The minimum Gasteiger partial charge on any atom is -0.326 e. The molecule has 0 spiro atoms. The molecule has 1 heterocycles. The summed E-state index contributed by atoms with van der Waals surface area (Å²) in [6.07, 6.45) is 1.51. The maximum absolute atomic E-state index is 13.2. The quantitative estimate of drug-likeness (QED) is 0.802. The van der Waals surface area contributed by atoms with Crippen molar-refractivity contribution < 1.29 is 13.6 Å². The van der Waals surface area contributed by atoms with Gasteiger partial charge in [-0.05, 0) is 55.8 Å². The highest BCUT2D eigenvalue weighted by Gasteiger charge is 2.25. The normalized spacial score (nSPS) is 16.0. The van der Waals surface area contributed by atoms with E-state index in [1.54, 1.807) is 0 Å². The number of nitrogens with zero attached hydrogens (tertiary/aromatic N) is 1. The number of anilines is 1. The summed E-state index contributed by atoms with van der Waals surface area (Å²) in [7, 11) is 0. The van der Waals surface area contributed by atoms with Crippen molar-refractivity contribution in [2.24, 2.45) is 5.92 Å². The number of piperidine rings is 1. The molecular weight excluding hydrogens is 390 g/mol. The topological polar surface area (TPSA) is 32.3 Å². The van der Waals surface area contributed by atoms with E-state index in [9.17, 15) is 13.6 Å². The van der Waals surface area contributed by atoms with Gasteiger partial charge in [0.15, 0.2) is 11.6 Å². The molecule has 1 aliphatic heterocycles. The number of amides is 1. The van der Waals surface area contributed by atoms with Crippen LogP contribution in [0.2, 0.25) is 0 Å². The average molecular weight is 409 g/mol. The molecule has 1 N–H and O–H groups in total. The molecule has 0 atom stereocenters. The van der Waals surface area contributed by atoms with Gasteiger partial charge < -0.3 is 5.32 Å². The van der Waals surface area contributed by atoms with Gasteiger partial charge in [0.2, 0.25) is 5.91 Å². The molecule has 132 valence electrons. The van der Waals surface area contributed by atoms with E-state index in [1.165, 1.54) is 11.6 Å². The van der Waals surface area contributed by atoms with Gasteiger partial charge in [-0.15, -0.1) is 0 Å². The lowest BCUT2D eigenvalue weighted by atomic mass is 9.95. The first kappa shape index (κ1) is 18.0. The van der Waals surface area contributed by atoms with Crippen LogP contribution in [0.25, 0.3) is 0 Å². The summed E-state index contributed by atoms with van der Waals surface area (Å²) in [5, 5.41) is 2.68. The summed E-state index contributed by atoms with van der Waals surface area (Å²) in [6, 6.07) is 11.6. The molecule has 0 unspecified atom stereocenters. The third-order valence-electron chi connectivity index (χ3n) is 4.44. The first-order chi connectivity index (χ1) is 12.0. The molecule has 3 nitrogen and oxygen atoms in total. The van der Waals surface area contributed by atoms with Gasteiger partial charge in [-0.25, -0.2) is 8.78 Å². The van der Waals surface area contributed by atoms with Crippen molar-refractivity contribution in [2.75, 3.05) is 18.4 Å². The Kier molecular flexibility index (Phi) is 5.81. The van der Waals surface area contributed by atoms with Crippen LogP contribution in [0, 0.1) is 17.6 Å². The summed E-state index contributed by atoms with van der Waals surface area (Å²) < 4.78 is 27.2. The lowest BCUT2D eigenvalue weighted by Crippen LogP contribution is -2.37. The number of rotatable bonds is 4. The van der Waals surface area contributed by atoms with Crippen LogP contribution in [-0.4, -0.2) is 23.9 Å². The van der Waals surface area contributed by atoms with E-state index >= 15 is 0 Å². The fourth-order valence-corrected chi connectivity index (χ4v) is 3.51. The SMILES string of the molecule is O=C(Nc1ccc(F)c(F)c1)C1CCN(Cc2cccc(Br)c2)CC1. The molecule has 6 heteroatoms. The molecule has 0 radical (unpaired) electrons. The predicted octanol–water partition coefficient (Wildman–Crippen LogP) is 4.58. The monoisotopic (exact) mass is 408 g/mol. The minimum absolute atomic E-state index is 0.105. The number of hydrogen-bond donors (Lipinski definition) is 1. The van der Waals surface area contributed by atoms with Gasteiger partial charge >= 0.3 is 0 Å². The Labute approximate surface area is 154 Å². The second-order valence-electron chi connectivity index (χ2n) is 6.30. The molecule has 2 aromatic carbocycles. The molecule has 1 amide bonds. The summed E-state index contributed by atoms with van der Waals surface area (Å²) in [5.74, 6) is -2.11. The Hall–Kier alpha value is -1.79. The number of likely N-dealkylation sites (tertiary alicyclic amines) is 1. The van der Waals surface area contributed by atoms with Gasteiger partial charge in [0, 0.05) is 28.7 Å². The maximum Gasteiger partial charge on any atom is 0.227 e. The fourth-order valence-electron chi connectivity index (χ4n) is 3.06. The van der Waals surface area contributed by atoms with Crippen molar-refractivity contribution in [3.63, 3.8) is 0 Å². The van der Waals surface area contributed by atoms with Gasteiger partial charge in [0.05, 0.1) is 0 Å². The zero-order chi connectivity index (χ0) is 17.8. The van der Waals surface area contributed by atoms with E-state index in [1.807, 2.05) is 12.1 Å². The van der Waals surface area contributed by atoms with Crippen LogP contribution in [-0.2, 0) is 11.3 Å². The van der Waals surface area contributed by atoms with Crippen molar-refractivity contribution in [2.45, 2.75) is 19.4 Å². The molecule has 0 bridgehead atoms. The highest BCUT2D eigenvalue weighted by atomic mass is 79.9. The Morgan fingerprint density at radius 3 is 2.56 bits per heavy atom. The summed E-state index contributed by atoms with van der Waals surface area (Å²) >= 11 is 3.47. The summed E-state index contributed by atoms with van der Waals surface area (Å²) in [4.78, 5) is 14.6. The molecule has 0 aliphatic carbocycles. The number of carbonyl (C=O) groups is 1. The van der Waals surface area contributed by atoms with Crippen LogP contribution in [0.15, 0.2) is 46.9 Å². The second kappa shape index (κ2) is 8.06. The molecular formula is C19H19BrF2N2O. The number of carbonyl (C=O) groups excluding carboxylic acids is 1. The van der Waals surface area contributed by atoms with Gasteiger partial charge in [-0.1, -0.05) is 28.1 Å².